The summed E-state index contributed by atoms with van der Waals surface area (Å²) >= 11 is 0. The summed E-state index contributed by atoms with van der Waals surface area (Å²) in [5.41, 5.74) is -0.833. The highest BCUT2D eigenvalue weighted by Gasteiger charge is 2.52. The third-order valence-electron chi connectivity index (χ3n) is 3.66. The molecule has 1 aliphatic heterocycles. The lowest BCUT2D eigenvalue weighted by Crippen LogP contribution is -2.41. The molecule has 0 amide bonds. The summed E-state index contributed by atoms with van der Waals surface area (Å²) in [5, 5.41) is 0.206. The fraction of sp³-hybridized carbons (Fsp3) is 0.583. The van der Waals surface area contributed by atoms with E-state index in [1.165, 1.54) is 12.5 Å². The first-order valence-electron chi connectivity index (χ1n) is 5.98. The molecule has 2 rings (SSSR count). The van der Waals surface area contributed by atoms with Gasteiger partial charge in [-0.3, -0.25) is 4.21 Å². The van der Waals surface area contributed by atoms with Crippen LogP contribution in [0.3, 0.4) is 0 Å². The van der Waals surface area contributed by atoms with Crippen molar-refractivity contribution in [1.82, 2.24) is 4.98 Å². The molecule has 1 atom stereocenters. The van der Waals surface area contributed by atoms with E-state index in [-0.39, 0.29) is 10.5 Å². The predicted molar refractivity (Wildman–Crippen MR) is 72.2 cm³/mol. The lowest BCUT2D eigenvalue weighted by molar-refractivity contribution is 0.00578. The molecular formula is C12H17BFNO3S. The van der Waals surface area contributed by atoms with E-state index in [4.69, 9.17) is 9.31 Å². The van der Waals surface area contributed by atoms with Crippen LogP contribution in [-0.4, -0.2) is 33.8 Å². The molecule has 4 nitrogen and oxygen atoms in total. The first kappa shape index (κ1) is 14.6. The van der Waals surface area contributed by atoms with Crippen LogP contribution in [0, 0.1) is 5.82 Å². The SMILES string of the molecule is CS(=O)c1cc(F)c(B2OC(C)(C)C(C)(C)O2)cn1. The van der Waals surface area contributed by atoms with Crippen molar-refractivity contribution in [1.29, 1.82) is 0 Å². The van der Waals surface area contributed by atoms with E-state index < -0.39 is 34.9 Å². The number of hydrogen-bond donors (Lipinski definition) is 0. The van der Waals surface area contributed by atoms with E-state index in [9.17, 15) is 8.60 Å². The van der Waals surface area contributed by atoms with Crippen molar-refractivity contribution in [2.75, 3.05) is 6.26 Å². The monoisotopic (exact) mass is 285 g/mol. The van der Waals surface area contributed by atoms with Crippen LogP contribution in [-0.2, 0) is 20.1 Å². The van der Waals surface area contributed by atoms with Crippen molar-refractivity contribution in [2.45, 2.75) is 43.9 Å². The van der Waals surface area contributed by atoms with Gasteiger partial charge in [0.2, 0.25) is 0 Å². The molecule has 0 spiro atoms. The van der Waals surface area contributed by atoms with Crippen molar-refractivity contribution in [3.05, 3.63) is 18.1 Å². The number of halogens is 1. The Kier molecular flexibility index (Phi) is 3.57. The zero-order valence-corrected chi connectivity index (χ0v) is 12.5. The van der Waals surface area contributed by atoms with E-state index in [0.717, 1.165) is 6.07 Å². The van der Waals surface area contributed by atoms with Crippen LogP contribution in [0.1, 0.15) is 27.7 Å². The molecule has 1 aliphatic rings. The molecule has 1 aromatic rings. The minimum absolute atomic E-state index is 0.206. The minimum atomic E-state index is -1.31. The summed E-state index contributed by atoms with van der Waals surface area (Å²) in [4.78, 5) is 3.98. The third-order valence-corrected chi connectivity index (χ3v) is 4.47. The second kappa shape index (κ2) is 4.65. The summed E-state index contributed by atoms with van der Waals surface area (Å²) in [6.07, 6.45) is 2.78. The molecule has 104 valence electrons. The zero-order chi connectivity index (χ0) is 14.4. The van der Waals surface area contributed by atoms with Crippen LogP contribution in [0.15, 0.2) is 17.3 Å². The van der Waals surface area contributed by atoms with Crippen LogP contribution in [0.5, 0.6) is 0 Å². The van der Waals surface area contributed by atoms with Gasteiger partial charge in [0.15, 0.2) is 0 Å². The molecule has 19 heavy (non-hydrogen) atoms. The van der Waals surface area contributed by atoms with Crippen molar-refractivity contribution >= 4 is 23.4 Å². The quantitative estimate of drug-likeness (QED) is 0.767. The topological polar surface area (TPSA) is 48.4 Å². The van der Waals surface area contributed by atoms with Crippen LogP contribution in [0.2, 0.25) is 0 Å². The molecule has 1 saturated heterocycles. The number of rotatable bonds is 2. The average Bonchev–Trinajstić information content (AvgIpc) is 2.47. The first-order chi connectivity index (χ1) is 8.64. The molecule has 1 fully saturated rings. The summed E-state index contributed by atoms with van der Waals surface area (Å²) in [5.74, 6) is -0.515. The van der Waals surface area contributed by atoms with E-state index in [2.05, 4.69) is 4.98 Å². The normalized spacial score (nSPS) is 22.5. The van der Waals surface area contributed by atoms with Gasteiger partial charge >= 0.3 is 7.12 Å². The lowest BCUT2D eigenvalue weighted by Gasteiger charge is -2.32. The van der Waals surface area contributed by atoms with Gasteiger partial charge in [-0.15, -0.1) is 0 Å². The number of hydrogen-bond acceptors (Lipinski definition) is 4. The first-order valence-corrected chi connectivity index (χ1v) is 7.54. The van der Waals surface area contributed by atoms with Crippen molar-refractivity contribution in [3.8, 4) is 0 Å². The maximum atomic E-state index is 14.0. The Hall–Kier alpha value is -0.785. The second-order valence-electron chi connectivity index (χ2n) is 5.59. The number of pyridine rings is 1. The molecule has 0 saturated carbocycles. The van der Waals surface area contributed by atoms with Gasteiger partial charge in [0.25, 0.3) is 0 Å². The fourth-order valence-electron chi connectivity index (χ4n) is 1.72. The van der Waals surface area contributed by atoms with E-state index in [1.807, 2.05) is 27.7 Å². The molecule has 0 N–H and O–H groups in total. The Balaban J connectivity index is 2.33. The molecule has 7 heteroatoms. The van der Waals surface area contributed by atoms with Gasteiger partial charge in [-0.2, -0.15) is 0 Å². The molecule has 1 unspecified atom stereocenters. The molecule has 2 heterocycles. The largest absolute Gasteiger partial charge is 0.499 e. The lowest BCUT2D eigenvalue weighted by atomic mass is 9.80. The van der Waals surface area contributed by atoms with Crippen LogP contribution >= 0.6 is 0 Å². The van der Waals surface area contributed by atoms with Gasteiger partial charge < -0.3 is 9.31 Å². The van der Waals surface area contributed by atoms with Crippen LogP contribution in [0.25, 0.3) is 0 Å². The average molecular weight is 285 g/mol. The Morgan fingerprint density at radius 2 is 1.79 bits per heavy atom. The Morgan fingerprint density at radius 1 is 1.26 bits per heavy atom. The fourth-order valence-corrected chi connectivity index (χ4v) is 2.20. The van der Waals surface area contributed by atoms with Gasteiger partial charge in [-0.25, -0.2) is 9.37 Å². The van der Waals surface area contributed by atoms with E-state index >= 15 is 0 Å². The van der Waals surface area contributed by atoms with Crippen LogP contribution in [0.4, 0.5) is 4.39 Å². The maximum absolute atomic E-state index is 14.0. The minimum Gasteiger partial charge on any atom is -0.399 e. The van der Waals surface area contributed by atoms with Gasteiger partial charge in [-0.1, -0.05) is 0 Å². The molecule has 0 bridgehead atoms. The molecule has 0 aromatic carbocycles. The Bertz CT molecular complexity index is 520. The summed E-state index contributed by atoms with van der Waals surface area (Å²) < 4.78 is 36.8. The summed E-state index contributed by atoms with van der Waals surface area (Å²) in [7, 11) is -2.11. The molecule has 0 radical (unpaired) electrons. The smallest absolute Gasteiger partial charge is 0.399 e. The third kappa shape index (κ3) is 2.59. The number of nitrogens with zero attached hydrogens (tertiary/aromatic N) is 1. The van der Waals surface area contributed by atoms with Gasteiger partial charge in [-0.05, 0) is 27.7 Å². The molecule has 1 aromatic heterocycles. The van der Waals surface area contributed by atoms with Gasteiger partial charge in [0.1, 0.15) is 10.8 Å². The standard InChI is InChI=1S/C12H17BFNO3S/c1-11(2)12(3,4)18-13(17-11)8-7-15-10(19(5)16)6-9(8)14/h6-7H,1-5H3. The summed E-state index contributed by atoms with van der Waals surface area (Å²) in [6, 6.07) is 1.16. The van der Waals surface area contributed by atoms with E-state index in [1.54, 1.807) is 0 Å². The van der Waals surface area contributed by atoms with E-state index in [0.29, 0.717) is 0 Å². The summed E-state index contributed by atoms with van der Waals surface area (Å²) in [6.45, 7) is 7.59. The highest BCUT2D eigenvalue weighted by Crippen LogP contribution is 2.36. The van der Waals surface area contributed by atoms with Gasteiger partial charge in [0.05, 0.1) is 22.0 Å². The highest BCUT2D eigenvalue weighted by atomic mass is 32.2. The predicted octanol–water partition coefficient (Wildman–Crippen LogP) is 1.26. The van der Waals surface area contributed by atoms with Gasteiger partial charge in [0, 0.05) is 24.0 Å². The Morgan fingerprint density at radius 3 is 2.21 bits per heavy atom. The van der Waals surface area contributed by atoms with Crippen molar-refractivity contribution in [3.63, 3.8) is 0 Å². The molecular weight excluding hydrogens is 268 g/mol. The highest BCUT2D eigenvalue weighted by molar-refractivity contribution is 7.84. The van der Waals surface area contributed by atoms with Crippen molar-refractivity contribution < 1.29 is 17.9 Å². The zero-order valence-electron chi connectivity index (χ0n) is 11.7. The van der Waals surface area contributed by atoms with Crippen molar-refractivity contribution in [2.24, 2.45) is 0 Å². The Labute approximate surface area is 115 Å². The maximum Gasteiger partial charge on any atom is 0.499 e. The second-order valence-corrected chi connectivity index (χ2v) is 6.91. The molecule has 0 aliphatic carbocycles. The van der Waals surface area contributed by atoms with Crippen LogP contribution < -0.4 is 5.46 Å². The number of aromatic nitrogens is 1.